The second-order valence-corrected chi connectivity index (χ2v) is 18.1. The van der Waals surface area contributed by atoms with E-state index in [4.69, 9.17) is 42.9 Å². The summed E-state index contributed by atoms with van der Waals surface area (Å²) in [6.45, 7) is 25.4. The van der Waals surface area contributed by atoms with Crippen molar-refractivity contribution >= 4 is 67.9 Å². The van der Waals surface area contributed by atoms with Gasteiger partial charge in [0, 0.05) is 45.0 Å². The van der Waals surface area contributed by atoms with Crippen molar-refractivity contribution in [1.82, 2.24) is 0 Å². The largest absolute Gasteiger partial charge is 0.398 e. The van der Waals surface area contributed by atoms with Gasteiger partial charge in [-0.15, -0.1) is 0 Å². The Morgan fingerprint density at radius 1 is 0.344 bits per heavy atom. The fourth-order valence-corrected chi connectivity index (χ4v) is 9.60. The molecule has 0 atom stereocenters. The molecule has 0 amide bonds. The quantitative estimate of drug-likeness (QED) is 0.151. The van der Waals surface area contributed by atoms with Crippen molar-refractivity contribution in [3.05, 3.63) is 185 Å². The minimum atomic E-state index is 0.767. The maximum Gasteiger partial charge on any atom is 0.0823 e. The van der Waals surface area contributed by atoms with E-state index in [-0.39, 0.29) is 0 Å². The third kappa shape index (κ3) is 6.59. The van der Waals surface area contributed by atoms with Crippen LogP contribution in [0.4, 0.5) is 22.7 Å². The molecule has 9 rings (SSSR count). The van der Waals surface area contributed by atoms with Crippen molar-refractivity contribution in [3.8, 4) is 0 Å². The number of hydrogen-bond acceptors (Lipinski definition) is 8. The number of nitrogens with zero attached hydrogens (tertiary/aromatic N) is 4. The Morgan fingerprint density at radius 3 is 1.22 bits per heavy atom. The number of hydrogen-bond donors (Lipinski definition) is 4. The van der Waals surface area contributed by atoms with E-state index in [1.165, 1.54) is 0 Å². The monoisotopic (exact) mass is 840 g/mol. The van der Waals surface area contributed by atoms with Crippen LogP contribution in [0.5, 0.6) is 0 Å². The van der Waals surface area contributed by atoms with E-state index in [9.17, 15) is 0 Å². The van der Waals surface area contributed by atoms with E-state index in [2.05, 4.69) is 126 Å². The fraction of sp³-hybridized carbons (Fsp3) is 0.214. The second kappa shape index (κ2) is 15.2. The molecule has 0 unspecified atom stereocenters. The number of anilines is 4. The molecule has 320 valence electrons. The second-order valence-electron chi connectivity index (χ2n) is 18.1. The number of rotatable bonds is 4. The summed E-state index contributed by atoms with van der Waals surface area (Å²) in [7, 11) is 0. The molecule has 8 N–H and O–H groups in total. The van der Waals surface area contributed by atoms with Gasteiger partial charge < -0.3 is 22.9 Å². The Bertz CT molecular complexity index is 3280. The zero-order chi connectivity index (χ0) is 45.8. The number of allylic oxidation sites excluding steroid dienone is 12. The Balaban J connectivity index is 1.55. The standard InChI is InChI=1S/C56H56N8/c1-25-17-42(29(5)33(9)51(25)57)46-23-41-22-39-14-13-37(61-39)21-38-15-16-40(62-38)24-47-48(43-18-26(2)52(58)34(10)30(43)6)49(44-19-27(3)53(59)35(11)31(44)7)56(64-47)50(55(46)63-41)45-20-28(4)54(60)36(12)32(45)8/h13-24H,57-60H2,1-12H3. The lowest BCUT2D eigenvalue weighted by Crippen LogP contribution is -2.12. The van der Waals surface area contributed by atoms with Crippen LogP contribution >= 0.6 is 0 Å². The van der Waals surface area contributed by atoms with E-state index in [1.54, 1.807) is 0 Å². The number of nitrogens with two attached hydrogens (primary N) is 4. The first kappa shape index (κ1) is 42.0. The van der Waals surface area contributed by atoms with Crippen LogP contribution in [-0.4, -0.2) is 22.8 Å². The molecule has 8 nitrogen and oxygen atoms in total. The van der Waals surface area contributed by atoms with E-state index in [0.717, 1.165) is 180 Å². The summed E-state index contributed by atoms with van der Waals surface area (Å²) in [5.74, 6) is 0. The lowest BCUT2D eigenvalue weighted by Gasteiger charge is -2.24. The highest BCUT2D eigenvalue weighted by Crippen LogP contribution is 2.50. The van der Waals surface area contributed by atoms with Gasteiger partial charge in [0.15, 0.2) is 0 Å². The average Bonchev–Trinajstić information content (AvgIpc) is 4.08. The van der Waals surface area contributed by atoms with Gasteiger partial charge >= 0.3 is 0 Å². The van der Waals surface area contributed by atoms with Crippen molar-refractivity contribution in [1.29, 1.82) is 0 Å². The van der Waals surface area contributed by atoms with E-state index in [0.29, 0.717) is 0 Å². The summed E-state index contributed by atoms with van der Waals surface area (Å²) in [6.07, 6.45) is 16.5. The maximum atomic E-state index is 6.84. The Morgan fingerprint density at radius 2 is 0.734 bits per heavy atom. The summed E-state index contributed by atoms with van der Waals surface area (Å²) in [4.78, 5) is 21.7. The normalized spacial score (nSPS) is 16.6. The van der Waals surface area contributed by atoms with Crippen molar-refractivity contribution < 1.29 is 0 Å². The van der Waals surface area contributed by atoms with Gasteiger partial charge in [-0.1, -0.05) is 0 Å². The lowest BCUT2D eigenvalue weighted by atomic mass is 9.80. The van der Waals surface area contributed by atoms with Crippen molar-refractivity contribution in [2.75, 3.05) is 22.9 Å². The zero-order valence-corrected chi connectivity index (χ0v) is 39.0. The molecule has 0 saturated carbocycles. The van der Waals surface area contributed by atoms with Crippen molar-refractivity contribution in [2.24, 2.45) is 20.0 Å². The SMILES string of the molecule is Cc1cc(C2=CC3=CC4=NC(=CC5=NC(=CC6=NC(=C(c7cc(C)c(N)c(C)c7C)C2=N3)C(c2cc(C)c(N)c(C)c2C)=C6c2cc(C)c(N)c(C)c2C)C=C5)C=C4)c(C)c(C)c1N. The summed E-state index contributed by atoms with van der Waals surface area (Å²) >= 11 is 0. The molecule has 8 heteroatoms. The van der Waals surface area contributed by atoms with Crippen LogP contribution in [0.1, 0.15) is 89.0 Å². The minimum absolute atomic E-state index is 0.767. The Hall–Kier alpha value is -7.32. The van der Waals surface area contributed by atoms with Gasteiger partial charge in [0.05, 0.1) is 45.6 Å². The molecule has 0 radical (unpaired) electrons. The van der Waals surface area contributed by atoms with Crippen LogP contribution in [0.15, 0.2) is 116 Å². The first-order chi connectivity index (χ1) is 30.3. The third-order valence-corrected chi connectivity index (χ3v) is 14.2. The van der Waals surface area contributed by atoms with Gasteiger partial charge in [-0.3, -0.25) is 0 Å². The van der Waals surface area contributed by atoms with Gasteiger partial charge in [0.25, 0.3) is 0 Å². The van der Waals surface area contributed by atoms with Crippen LogP contribution in [0.2, 0.25) is 0 Å². The van der Waals surface area contributed by atoms with Crippen molar-refractivity contribution in [2.45, 2.75) is 83.1 Å². The molecular formula is C56H56N8. The Labute approximate surface area is 377 Å². The first-order valence-corrected chi connectivity index (χ1v) is 21.9. The smallest absolute Gasteiger partial charge is 0.0823 e. The molecule has 64 heavy (non-hydrogen) atoms. The topological polar surface area (TPSA) is 154 Å². The molecule has 0 spiro atoms. The average molecular weight is 841 g/mol. The molecule has 5 aliphatic rings. The summed E-state index contributed by atoms with van der Waals surface area (Å²) in [5.41, 5.74) is 57.0. The van der Waals surface area contributed by atoms with E-state index in [1.807, 2.05) is 30.4 Å². The highest BCUT2D eigenvalue weighted by molar-refractivity contribution is 6.50. The number of benzene rings is 4. The number of aliphatic imine (C=N–C) groups is 4. The van der Waals surface area contributed by atoms with Gasteiger partial charge in [-0.2, -0.15) is 0 Å². The lowest BCUT2D eigenvalue weighted by molar-refractivity contribution is 1.26. The molecule has 8 bridgehead atoms. The molecule has 0 aliphatic carbocycles. The third-order valence-electron chi connectivity index (χ3n) is 14.2. The number of nitrogen functional groups attached to an aromatic ring is 4. The van der Waals surface area contributed by atoms with Crippen LogP contribution in [-0.2, 0) is 0 Å². The molecule has 5 aliphatic heterocycles. The molecule has 4 aromatic carbocycles. The molecule has 0 aromatic heterocycles. The van der Waals surface area contributed by atoms with Crippen LogP contribution in [0.3, 0.4) is 0 Å². The van der Waals surface area contributed by atoms with Gasteiger partial charge in [-0.05, 0) is 245 Å². The predicted molar refractivity (Wildman–Crippen MR) is 274 cm³/mol. The zero-order valence-electron chi connectivity index (χ0n) is 39.0. The van der Waals surface area contributed by atoms with E-state index < -0.39 is 0 Å². The minimum Gasteiger partial charge on any atom is -0.398 e. The summed E-state index contributed by atoms with van der Waals surface area (Å²) < 4.78 is 0. The number of fused-ring (bicyclic) bond motifs is 4. The summed E-state index contributed by atoms with van der Waals surface area (Å²) in [6, 6.07) is 8.86. The molecule has 0 saturated heterocycles. The van der Waals surface area contributed by atoms with Crippen LogP contribution in [0.25, 0.3) is 22.3 Å². The van der Waals surface area contributed by atoms with E-state index >= 15 is 0 Å². The molecular weight excluding hydrogens is 785 g/mol. The van der Waals surface area contributed by atoms with Gasteiger partial charge in [0.1, 0.15) is 0 Å². The van der Waals surface area contributed by atoms with Crippen molar-refractivity contribution in [3.63, 3.8) is 0 Å². The van der Waals surface area contributed by atoms with Crippen LogP contribution < -0.4 is 22.9 Å². The first-order valence-electron chi connectivity index (χ1n) is 21.9. The fourth-order valence-electron chi connectivity index (χ4n) is 9.60. The molecule has 5 heterocycles. The van der Waals surface area contributed by atoms with Gasteiger partial charge in [-0.25, -0.2) is 20.0 Å². The summed E-state index contributed by atoms with van der Waals surface area (Å²) in [5, 5.41) is 0. The maximum absolute atomic E-state index is 6.84. The predicted octanol–water partition coefficient (Wildman–Crippen LogP) is 11.7. The highest BCUT2D eigenvalue weighted by atomic mass is 14.9. The van der Waals surface area contributed by atoms with Gasteiger partial charge in [0.2, 0.25) is 0 Å². The Kier molecular flexibility index (Phi) is 9.97. The van der Waals surface area contributed by atoms with Crippen LogP contribution in [0, 0.1) is 83.1 Å². The molecule has 0 fully saturated rings. The molecule has 4 aromatic rings. The number of aryl methyl sites for hydroxylation is 4. The highest BCUT2D eigenvalue weighted by Gasteiger charge is 2.36.